The fraction of sp³-hybridized carbons (Fsp3) is 0.100. The third-order valence-electron chi connectivity index (χ3n) is 1.65. The number of rotatable bonds is 1. The Morgan fingerprint density at radius 2 is 2.27 bits per heavy atom. The van der Waals surface area contributed by atoms with E-state index in [-0.39, 0.29) is 0 Å². The first-order valence-electron chi connectivity index (χ1n) is 3.41. The summed E-state index contributed by atoms with van der Waals surface area (Å²) in [5.41, 5.74) is 2.73. The van der Waals surface area contributed by atoms with Crippen molar-refractivity contribution >= 4 is 6.08 Å². The average molecular weight is 143 g/mol. The van der Waals surface area contributed by atoms with Crippen LogP contribution in [0.1, 0.15) is 16.7 Å². The number of hydrogen-bond acceptors (Lipinski definition) is 1. The van der Waals surface area contributed by atoms with Crippen molar-refractivity contribution in [3.63, 3.8) is 0 Å². The highest BCUT2D eigenvalue weighted by molar-refractivity contribution is 5.59. The van der Waals surface area contributed by atoms with Crippen molar-refractivity contribution in [2.45, 2.75) is 6.92 Å². The molecule has 0 spiro atoms. The summed E-state index contributed by atoms with van der Waals surface area (Å²) >= 11 is 0. The predicted octanol–water partition coefficient (Wildman–Crippen LogP) is 2.51. The molecular formula is C10H9N. The SMILES string of the molecule is C=Cc1c(C)cccc1C#N. The van der Waals surface area contributed by atoms with Crippen LogP contribution in [0, 0.1) is 18.3 Å². The molecule has 0 N–H and O–H groups in total. The highest BCUT2D eigenvalue weighted by Gasteiger charge is 1.98. The van der Waals surface area contributed by atoms with Gasteiger partial charge in [0.1, 0.15) is 0 Å². The Hall–Kier alpha value is -1.55. The number of nitrogens with zero attached hydrogens (tertiary/aromatic N) is 1. The summed E-state index contributed by atoms with van der Waals surface area (Å²) in [4.78, 5) is 0. The zero-order valence-electron chi connectivity index (χ0n) is 6.46. The topological polar surface area (TPSA) is 23.8 Å². The van der Waals surface area contributed by atoms with Crippen molar-refractivity contribution in [1.29, 1.82) is 5.26 Å². The van der Waals surface area contributed by atoms with E-state index in [1.165, 1.54) is 0 Å². The Balaban J connectivity index is 3.38. The van der Waals surface area contributed by atoms with E-state index in [0.717, 1.165) is 11.1 Å². The Labute approximate surface area is 66.6 Å². The van der Waals surface area contributed by atoms with Gasteiger partial charge in [0.2, 0.25) is 0 Å². The van der Waals surface area contributed by atoms with Crippen LogP contribution >= 0.6 is 0 Å². The van der Waals surface area contributed by atoms with Gasteiger partial charge in [0, 0.05) is 0 Å². The van der Waals surface area contributed by atoms with E-state index < -0.39 is 0 Å². The van der Waals surface area contributed by atoms with E-state index in [4.69, 9.17) is 5.26 Å². The minimum absolute atomic E-state index is 0.694. The molecule has 1 aromatic carbocycles. The normalized spacial score (nSPS) is 8.73. The molecule has 0 heterocycles. The molecule has 1 nitrogen and oxygen atoms in total. The second-order valence-corrected chi connectivity index (χ2v) is 2.35. The van der Waals surface area contributed by atoms with Crippen LogP contribution in [-0.2, 0) is 0 Å². The van der Waals surface area contributed by atoms with Gasteiger partial charge < -0.3 is 0 Å². The molecule has 0 fully saturated rings. The van der Waals surface area contributed by atoms with Gasteiger partial charge in [-0.2, -0.15) is 5.26 Å². The third-order valence-corrected chi connectivity index (χ3v) is 1.65. The molecule has 0 amide bonds. The molecule has 0 saturated carbocycles. The Kier molecular flexibility index (Phi) is 2.08. The van der Waals surface area contributed by atoms with Crippen LogP contribution in [0.5, 0.6) is 0 Å². The zero-order valence-corrected chi connectivity index (χ0v) is 6.46. The molecular weight excluding hydrogens is 134 g/mol. The second kappa shape index (κ2) is 3.03. The summed E-state index contributed by atoms with van der Waals surface area (Å²) in [6.45, 7) is 5.62. The molecule has 0 radical (unpaired) electrons. The Morgan fingerprint density at radius 1 is 1.55 bits per heavy atom. The van der Waals surface area contributed by atoms with Crippen LogP contribution in [0.2, 0.25) is 0 Å². The summed E-state index contributed by atoms with van der Waals surface area (Å²) in [6, 6.07) is 7.76. The monoisotopic (exact) mass is 143 g/mol. The smallest absolute Gasteiger partial charge is 0.0998 e. The summed E-state index contributed by atoms with van der Waals surface area (Å²) < 4.78 is 0. The van der Waals surface area contributed by atoms with Gasteiger partial charge in [0.05, 0.1) is 11.6 Å². The average Bonchev–Trinajstić information content (AvgIpc) is 2.04. The van der Waals surface area contributed by atoms with Crippen LogP contribution in [-0.4, -0.2) is 0 Å². The first-order chi connectivity index (χ1) is 5.29. The van der Waals surface area contributed by atoms with E-state index in [9.17, 15) is 0 Å². The van der Waals surface area contributed by atoms with Crippen LogP contribution in [0.25, 0.3) is 6.08 Å². The highest BCUT2D eigenvalue weighted by atomic mass is 14.2. The molecule has 0 aliphatic heterocycles. The number of benzene rings is 1. The highest BCUT2D eigenvalue weighted by Crippen LogP contribution is 2.13. The van der Waals surface area contributed by atoms with Crippen molar-refractivity contribution in [2.75, 3.05) is 0 Å². The van der Waals surface area contributed by atoms with Gasteiger partial charge in [-0.15, -0.1) is 0 Å². The van der Waals surface area contributed by atoms with E-state index in [1.54, 1.807) is 12.1 Å². The van der Waals surface area contributed by atoms with Crippen molar-refractivity contribution in [1.82, 2.24) is 0 Å². The molecule has 0 bridgehead atoms. The molecule has 0 aliphatic rings. The van der Waals surface area contributed by atoms with E-state index in [2.05, 4.69) is 12.6 Å². The fourth-order valence-electron chi connectivity index (χ4n) is 1.05. The first kappa shape index (κ1) is 7.56. The number of nitriles is 1. The molecule has 1 aromatic rings. The quantitative estimate of drug-likeness (QED) is 0.592. The van der Waals surface area contributed by atoms with Crippen LogP contribution < -0.4 is 0 Å². The summed E-state index contributed by atoms with van der Waals surface area (Å²) in [7, 11) is 0. The molecule has 54 valence electrons. The molecule has 0 atom stereocenters. The minimum Gasteiger partial charge on any atom is -0.192 e. The Bertz CT molecular complexity index is 318. The van der Waals surface area contributed by atoms with E-state index in [1.807, 2.05) is 19.1 Å². The van der Waals surface area contributed by atoms with Gasteiger partial charge in [-0.1, -0.05) is 24.8 Å². The van der Waals surface area contributed by atoms with E-state index in [0.29, 0.717) is 5.56 Å². The molecule has 0 aromatic heterocycles. The van der Waals surface area contributed by atoms with Gasteiger partial charge in [-0.25, -0.2) is 0 Å². The van der Waals surface area contributed by atoms with Crippen molar-refractivity contribution in [2.24, 2.45) is 0 Å². The maximum absolute atomic E-state index is 8.68. The Morgan fingerprint density at radius 3 is 2.73 bits per heavy atom. The number of hydrogen-bond donors (Lipinski definition) is 0. The third kappa shape index (κ3) is 1.30. The van der Waals surface area contributed by atoms with Gasteiger partial charge >= 0.3 is 0 Å². The number of aryl methyl sites for hydroxylation is 1. The standard InChI is InChI=1S/C10H9N/c1-3-10-8(2)5-4-6-9(10)7-11/h3-6H,1H2,2H3. The molecule has 0 unspecified atom stereocenters. The maximum Gasteiger partial charge on any atom is 0.0998 e. The minimum atomic E-state index is 0.694. The maximum atomic E-state index is 8.68. The van der Waals surface area contributed by atoms with Gasteiger partial charge in [0.25, 0.3) is 0 Å². The van der Waals surface area contributed by atoms with Gasteiger partial charge in [0.15, 0.2) is 0 Å². The van der Waals surface area contributed by atoms with Crippen molar-refractivity contribution < 1.29 is 0 Å². The first-order valence-corrected chi connectivity index (χ1v) is 3.41. The molecule has 1 heteroatoms. The summed E-state index contributed by atoms with van der Waals surface area (Å²) in [5.74, 6) is 0. The van der Waals surface area contributed by atoms with E-state index >= 15 is 0 Å². The summed E-state index contributed by atoms with van der Waals surface area (Å²) in [5, 5.41) is 8.68. The molecule has 0 aliphatic carbocycles. The molecule has 0 saturated heterocycles. The van der Waals surface area contributed by atoms with Crippen molar-refractivity contribution in [3.8, 4) is 6.07 Å². The van der Waals surface area contributed by atoms with Crippen molar-refractivity contribution in [3.05, 3.63) is 41.5 Å². The van der Waals surface area contributed by atoms with Gasteiger partial charge in [-0.3, -0.25) is 0 Å². The lowest BCUT2D eigenvalue weighted by molar-refractivity contribution is 1.40. The molecule has 1 rings (SSSR count). The molecule has 11 heavy (non-hydrogen) atoms. The lowest BCUT2D eigenvalue weighted by Gasteiger charge is -2.00. The second-order valence-electron chi connectivity index (χ2n) is 2.35. The zero-order chi connectivity index (χ0) is 8.27. The largest absolute Gasteiger partial charge is 0.192 e. The lowest BCUT2D eigenvalue weighted by atomic mass is 10.0. The fourth-order valence-corrected chi connectivity index (χ4v) is 1.05. The van der Waals surface area contributed by atoms with Gasteiger partial charge in [-0.05, 0) is 24.1 Å². The summed E-state index contributed by atoms with van der Waals surface area (Å²) in [6.07, 6.45) is 1.72. The predicted molar refractivity (Wildman–Crippen MR) is 46.0 cm³/mol. The van der Waals surface area contributed by atoms with Crippen LogP contribution in [0.15, 0.2) is 24.8 Å². The van der Waals surface area contributed by atoms with Crippen LogP contribution in [0.3, 0.4) is 0 Å². The lowest BCUT2D eigenvalue weighted by Crippen LogP contribution is -1.84. The van der Waals surface area contributed by atoms with Crippen LogP contribution in [0.4, 0.5) is 0 Å².